The Morgan fingerprint density at radius 2 is 1.86 bits per heavy atom. The van der Waals surface area contributed by atoms with E-state index in [1.165, 1.54) is 5.56 Å². The van der Waals surface area contributed by atoms with E-state index in [9.17, 15) is 4.79 Å². The van der Waals surface area contributed by atoms with Gasteiger partial charge in [-0.2, -0.15) is 0 Å². The van der Waals surface area contributed by atoms with Crippen molar-refractivity contribution in [3.8, 4) is 22.8 Å². The zero-order valence-electron chi connectivity index (χ0n) is 21.0. The summed E-state index contributed by atoms with van der Waals surface area (Å²) in [4.78, 5) is 18.9. The van der Waals surface area contributed by atoms with E-state index in [4.69, 9.17) is 9.47 Å². The van der Waals surface area contributed by atoms with Gasteiger partial charge in [0, 0.05) is 30.5 Å². The van der Waals surface area contributed by atoms with Gasteiger partial charge in [-0.15, -0.1) is 11.3 Å². The fraction of sp³-hybridized carbons (Fsp3) is 0.357. The van der Waals surface area contributed by atoms with Crippen LogP contribution in [0.15, 0.2) is 53.9 Å². The van der Waals surface area contributed by atoms with Gasteiger partial charge in [-0.25, -0.2) is 4.98 Å². The third-order valence-electron chi connectivity index (χ3n) is 5.71. The predicted molar refractivity (Wildman–Crippen MR) is 144 cm³/mol. The van der Waals surface area contributed by atoms with Crippen LogP contribution in [0.2, 0.25) is 0 Å². The number of hydrogen-bond donors (Lipinski definition) is 1. The maximum Gasteiger partial charge on any atom is 0.223 e. The van der Waals surface area contributed by atoms with Gasteiger partial charge in [0.1, 0.15) is 0 Å². The molecule has 0 atom stereocenters. The van der Waals surface area contributed by atoms with Crippen molar-refractivity contribution in [3.63, 3.8) is 0 Å². The Morgan fingerprint density at radius 3 is 2.54 bits per heavy atom. The fourth-order valence-corrected chi connectivity index (χ4v) is 4.30. The number of amides is 1. The van der Waals surface area contributed by atoms with E-state index in [2.05, 4.69) is 58.0 Å². The van der Waals surface area contributed by atoms with Gasteiger partial charge in [-0.3, -0.25) is 4.79 Å². The third-order valence-corrected chi connectivity index (χ3v) is 6.48. The van der Waals surface area contributed by atoms with Crippen LogP contribution in [0.4, 0.5) is 0 Å². The molecule has 1 N–H and O–H groups in total. The van der Waals surface area contributed by atoms with E-state index in [0.29, 0.717) is 13.0 Å². The lowest BCUT2D eigenvalue weighted by atomic mass is 10.1. The second kappa shape index (κ2) is 13.7. The quantitative estimate of drug-likeness (QED) is 0.331. The number of aryl methyl sites for hydroxylation is 1. The Kier molecular flexibility index (Phi) is 10.3. The maximum atomic E-state index is 12.1. The highest BCUT2D eigenvalue weighted by Crippen LogP contribution is 2.27. The number of methoxy groups -OCH3 is 2. The molecule has 6 nitrogen and oxygen atoms in total. The Labute approximate surface area is 212 Å². The Bertz CT molecular complexity index is 1110. The molecule has 0 spiro atoms. The molecule has 35 heavy (non-hydrogen) atoms. The third kappa shape index (κ3) is 8.53. The van der Waals surface area contributed by atoms with E-state index in [-0.39, 0.29) is 5.91 Å². The Hall–Kier alpha value is -3.16. The van der Waals surface area contributed by atoms with E-state index < -0.39 is 0 Å². The molecule has 1 heterocycles. The first-order valence-corrected chi connectivity index (χ1v) is 12.7. The number of carbonyl (C=O) groups is 1. The molecule has 1 amide bonds. The van der Waals surface area contributed by atoms with Crippen molar-refractivity contribution in [2.75, 3.05) is 40.9 Å². The molecule has 7 heteroatoms. The number of benzene rings is 2. The van der Waals surface area contributed by atoms with Gasteiger partial charge in [-0.05, 0) is 56.6 Å². The molecule has 0 aliphatic carbocycles. The van der Waals surface area contributed by atoms with E-state index in [0.717, 1.165) is 59.3 Å². The highest BCUT2D eigenvalue weighted by atomic mass is 32.1. The van der Waals surface area contributed by atoms with E-state index in [1.807, 2.05) is 31.2 Å². The average Bonchev–Trinajstić information content (AvgIpc) is 3.31. The zero-order chi connectivity index (χ0) is 25.0. The highest BCUT2D eigenvalue weighted by Gasteiger charge is 2.06. The predicted octanol–water partition coefficient (Wildman–Crippen LogP) is 5.22. The normalized spacial score (nSPS) is 11.2. The summed E-state index contributed by atoms with van der Waals surface area (Å²) in [6.07, 6.45) is 6.11. The van der Waals surface area contributed by atoms with Crippen LogP contribution in [-0.2, 0) is 11.2 Å². The van der Waals surface area contributed by atoms with Crippen LogP contribution < -0.4 is 14.8 Å². The minimum atomic E-state index is 0.0452. The zero-order valence-corrected chi connectivity index (χ0v) is 21.9. The molecule has 0 unspecified atom stereocenters. The van der Waals surface area contributed by atoms with E-state index in [1.54, 1.807) is 25.6 Å². The smallest absolute Gasteiger partial charge is 0.223 e. The van der Waals surface area contributed by atoms with Gasteiger partial charge in [0.05, 0.1) is 24.9 Å². The first-order valence-electron chi connectivity index (χ1n) is 11.8. The number of likely N-dealkylation sites (N-methyl/N-ethyl adjacent to an activating group) is 1. The monoisotopic (exact) mass is 493 g/mol. The van der Waals surface area contributed by atoms with Gasteiger partial charge in [0.2, 0.25) is 5.91 Å². The molecule has 0 radical (unpaired) electrons. The first kappa shape index (κ1) is 26.4. The molecule has 3 aromatic rings. The van der Waals surface area contributed by atoms with Crippen LogP contribution in [0.25, 0.3) is 17.3 Å². The minimum absolute atomic E-state index is 0.0452. The van der Waals surface area contributed by atoms with Crippen molar-refractivity contribution in [3.05, 3.63) is 70.1 Å². The molecule has 0 aliphatic rings. The van der Waals surface area contributed by atoms with Crippen molar-refractivity contribution < 1.29 is 14.3 Å². The first-order chi connectivity index (χ1) is 17.0. The summed E-state index contributed by atoms with van der Waals surface area (Å²) >= 11 is 1.65. The van der Waals surface area contributed by atoms with Crippen molar-refractivity contribution >= 4 is 23.3 Å². The molecular weight excluding hydrogens is 458 g/mol. The van der Waals surface area contributed by atoms with Crippen LogP contribution in [-0.4, -0.2) is 56.7 Å². The topological polar surface area (TPSA) is 63.7 Å². The average molecular weight is 494 g/mol. The number of hydrogen-bond acceptors (Lipinski definition) is 6. The highest BCUT2D eigenvalue weighted by molar-refractivity contribution is 7.09. The largest absolute Gasteiger partial charge is 0.493 e. The summed E-state index contributed by atoms with van der Waals surface area (Å²) in [7, 11) is 5.40. The number of nitrogens with zero attached hydrogens (tertiary/aromatic N) is 2. The van der Waals surface area contributed by atoms with Crippen molar-refractivity contribution in [2.45, 2.75) is 26.2 Å². The van der Waals surface area contributed by atoms with Crippen LogP contribution in [0.1, 0.15) is 29.0 Å². The molecular formula is C28H35N3O3S. The lowest BCUT2D eigenvalue weighted by Crippen LogP contribution is -2.28. The molecule has 0 saturated heterocycles. The van der Waals surface area contributed by atoms with Gasteiger partial charge in [0.15, 0.2) is 11.5 Å². The summed E-state index contributed by atoms with van der Waals surface area (Å²) < 4.78 is 10.7. The van der Waals surface area contributed by atoms with Gasteiger partial charge >= 0.3 is 0 Å². The number of ether oxygens (including phenoxy) is 2. The summed E-state index contributed by atoms with van der Waals surface area (Å²) in [5.74, 6) is 1.55. The Balaban J connectivity index is 1.30. The number of thiazole rings is 1. The summed E-state index contributed by atoms with van der Waals surface area (Å²) in [5.41, 5.74) is 4.40. The van der Waals surface area contributed by atoms with Crippen LogP contribution in [0.3, 0.4) is 0 Å². The molecule has 0 fully saturated rings. The molecule has 2 aromatic carbocycles. The van der Waals surface area contributed by atoms with Crippen LogP contribution in [0, 0.1) is 6.92 Å². The number of rotatable bonds is 13. The lowest BCUT2D eigenvalue weighted by Gasteiger charge is -2.17. The molecule has 186 valence electrons. The minimum Gasteiger partial charge on any atom is -0.493 e. The second-order valence-corrected chi connectivity index (χ2v) is 9.49. The van der Waals surface area contributed by atoms with Gasteiger partial charge in [0.25, 0.3) is 0 Å². The maximum absolute atomic E-state index is 12.1. The van der Waals surface area contributed by atoms with Gasteiger partial charge < -0.3 is 19.7 Å². The molecule has 3 rings (SSSR count). The molecule has 0 aliphatic heterocycles. The van der Waals surface area contributed by atoms with Crippen molar-refractivity contribution in [1.82, 2.24) is 15.2 Å². The number of aromatic nitrogens is 1. The second-order valence-electron chi connectivity index (χ2n) is 8.43. The Morgan fingerprint density at radius 1 is 1.09 bits per heavy atom. The van der Waals surface area contributed by atoms with Crippen LogP contribution >= 0.6 is 11.3 Å². The molecule has 0 saturated carbocycles. The summed E-state index contributed by atoms with van der Waals surface area (Å²) in [6, 6.07) is 14.3. The lowest BCUT2D eigenvalue weighted by molar-refractivity contribution is -0.120. The summed E-state index contributed by atoms with van der Waals surface area (Å²) in [5, 5.41) is 6.14. The molecule has 1 aromatic heterocycles. The number of carbonyl (C=O) groups excluding carboxylic acids is 1. The van der Waals surface area contributed by atoms with Crippen LogP contribution in [0.5, 0.6) is 11.5 Å². The summed E-state index contributed by atoms with van der Waals surface area (Å²) in [6.45, 7) is 4.55. The van der Waals surface area contributed by atoms with E-state index >= 15 is 0 Å². The standard InChI is InChI=1S/C28H35N3O3S/c1-21-30-25(20-35-21)24-12-9-22(10-13-24)7-5-8-28(32)29-16-6-17-31(2)18-15-23-11-14-26(33-3)27(19-23)34-4/h5,7,9-14,19-20H,6,8,15-18H2,1-4H3,(H,29,32). The van der Waals surface area contributed by atoms with Crippen molar-refractivity contribution in [1.29, 1.82) is 0 Å². The molecule has 0 bridgehead atoms. The van der Waals surface area contributed by atoms with Crippen molar-refractivity contribution in [2.24, 2.45) is 0 Å². The van der Waals surface area contributed by atoms with Gasteiger partial charge in [-0.1, -0.05) is 42.5 Å². The SMILES string of the molecule is COc1ccc(CCN(C)CCCNC(=O)CC=Cc2ccc(-c3csc(C)n3)cc2)cc1OC. The number of nitrogens with one attached hydrogen (secondary N) is 1. The fourth-order valence-electron chi connectivity index (χ4n) is 3.68.